The van der Waals surface area contributed by atoms with Gasteiger partial charge in [0.2, 0.25) is 0 Å². The summed E-state index contributed by atoms with van der Waals surface area (Å²) in [4.78, 5) is 10.1. The molecule has 1 aromatic rings. The number of aromatic nitrogens is 1. The fourth-order valence-corrected chi connectivity index (χ4v) is 3.20. The first-order chi connectivity index (χ1) is 9.19. The lowest BCUT2D eigenvalue weighted by molar-refractivity contribution is 0.314. The molecule has 0 amide bonds. The van der Waals surface area contributed by atoms with Crippen molar-refractivity contribution in [2.45, 2.75) is 39.5 Å². The molecule has 1 aliphatic carbocycles. The van der Waals surface area contributed by atoms with E-state index in [2.05, 4.69) is 34.5 Å². The van der Waals surface area contributed by atoms with Crippen LogP contribution in [0.2, 0.25) is 0 Å². The van der Waals surface area contributed by atoms with Crippen molar-refractivity contribution in [1.29, 1.82) is 0 Å². The number of hydrogen-bond donors (Lipinski definition) is 2. The Balaban J connectivity index is 1.69. The predicted molar refractivity (Wildman–Crippen MR) is 82.0 cm³/mol. The molecule has 0 atom stereocenters. The lowest BCUT2D eigenvalue weighted by atomic mass is 9.85. The summed E-state index contributed by atoms with van der Waals surface area (Å²) in [6.45, 7) is 6.11. The fourth-order valence-electron chi connectivity index (χ4n) is 2.26. The maximum Gasteiger partial charge on any atom is 0.190 e. The van der Waals surface area contributed by atoms with Gasteiger partial charge in [-0.15, -0.1) is 11.3 Å². The zero-order valence-corrected chi connectivity index (χ0v) is 12.9. The van der Waals surface area contributed by atoms with E-state index in [1.54, 1.807) is 11.3 Å². The molecule has 0 spiro atoms. The number of aliphatic imine (C=N–C) groups is 1. The minimum absolute atomic E-state index is 0.852. The molecule has 1 saturated carbocycles. The maximum atomic E-state index is 4.45. The van der Waals surface area contributed by atoms with Gasteiger partial charge in [0, 0.05) is 31.4 Å². The first-order valence-corrected chi connectivity index (χ1v) is 7.88. The third kappa shape index (κ3) is 4.20. The van der Waals surface area contributed by atoms with Gasteiger partial charge in [0.05, 0.1) is 10.7 Å². The van der Waals surface area contributed by atoms with Gasteiger partial charge in [0.1, 0.15) is 0 Å². The molecule has 2 rings (SSSR count). The number of guanidine groups is 1. The van der Waals surface area contributed by atoms with Crippen molar-refractivity contribution < 1.29 is 0 Å². The zero-order chi connectivity index (χ0) is 13.7. The second-order valence-electron chi connectivity index (χ2n) is 5.17. The molecule has 19 heavy (non-hydrogen) atoms. The van der Waals surface area contributed by atoms with Crippen LogP contribution in [-0.2, 0) is 6.42 Å². The number of nitrogens with zero attached hydrogens (tertiary/aromatic N) is 2. The van der Waals surface area contributed by atoms with Crippen molar-refractivity contribution in [3.63, 3.8) is 0 Å². The molecule has 1 aliphatic rings. The Morgan fingerprint density at radius 3 is 2.68 bits per heavy atom. The van der Waals surface area contributed by atoms with Crippen LogP contribution in [0.1, 0.15) is 34.8 Å². The largest absolute Gasteiger partial charge is 0.356 e. The number of thiazole rings is 1. The minimum atomic E-state index is 0.852. The number of aryl methyl sites for hydroxylation is 2. The van der Waals surface area contributed by atoms with Gasteiger partial charge < -0.3 is 10.6 Å². The highest BCUT2D eigenvalue weighted by atomic mass is 32.1. The van der Waals surface area contributed by atoms with Crippen molar-refractivity contribution in [2.75, 3.05) is 20.1 Å². The summed E-state index contributed by atoms with van der Waals surface area (Å²) in [7, 11) is 1.83. The highest BCUT2D eigenvalue weighted by molar-refractivity contribution is 7.11. The Labute approximate surface area is 119 Å². The molecule has 1 heterocycles. The highest BCUT2D eigenvalue weighted by Gasteiger charge is 2.17. The molecule has 0 bridgehead atoms. The summed E-state index contributed by atoms with van der Waals surface area (Å²) in [5.41, 5.74) is 1.17. The van der Waals surface area contributed by atoms with E-state index < -0.39 is 0 Å². The summed E-state index contributed by atoms with van der Waals surface area (Å²) in [6.07, 6.45) is 5.14. The molecular formula is C14H24N4S. The van der Waals surface area contributed by atoms with Crippen LogP contribution < -0.4 is 10.6 Å². The van der Waals surface area contributed by atoms with Gasteiger partial charge in [0.25, 0.3) is 0 Å². The summed E-state index contributed by atoms with van der Waals surface area (Å²) in [6, 6.07) is 0. The van der Waals surface area contributed by atoms with Gasteiger partial charge in [-0.25, -0.2) is 4.98 Å². The number of rotatable bonds is 5. The van der Waals surface area contributed by atoms with Crippen LogP contribution in [-0.4, -0.2) is 31.1 Å². The molecular weight excluding hydrogens is 256 g/mol. The van der Waals surface area contributed by atoms with E-state index in [4.69, 9.17) is 0 Å². The standard InChI is InChI=1S/C14H24N4S/c1-10-13(19-11(2)18-10)7-8-16-14(15-3)17-9-12-5-4-6-12/h12H,4-9H2,1-3H3,(H2,15,16,17). The predicted octanol–water partition coefficient (Wildman–Crippen LogP) is 2.27. The Kier molecular flexibility index (Phi) is 5.19. The van der Waals surface area contributed by atoms with Crippen LogP contribution in [0.5, 0.6) is 0 Å². The quantitative estimate of drug-likeness (QED) is 0.642. The van der Waals surface area contributed by atoms with E-state index in [0.29, 0.717) is 0 Å². The topological polar surface area (TPSA) is 49.3 Å². The molecule has 0 radical (unpaired) electrons. The van der Waals surface area contributed by atoms with E-state index >= 15 is 0 Å². The van der Waals surface area contributed by atoms with Gasteiger partial charge in [-0.1, -0.05) is 6.42 Å². The molecule has 0 saturated heterocycles. The molecule has 1 fully saturated rings. The number of nitrogens with one attached hydrogen (secondary N) is 2. The third-order valence-electron chi connectivity index (χ3n) is 3.65. The highest BCUT2D eigenvalue weighted by Crippen LogP contribution is 2.25. The zero-order valence-electron chi connectivity index (χ0n) is 12.1. The first-order valence-electron chi connectivity index (χ1n) is 7.06. The Hall–Kier alpha value is -1.10. The Bertz CT molecular complexity index is 435. The van der Waals surface area contributed by atoms with E-state index in [0.717, 1.165) is 36.4 Å². The van der Waals surface area contributed by atoms with Crippen LogP contribution in [0.3, 0.4) is 0 Å². The van der Waals surface area contributed by atoms with Crippen LogP contribution in [0.4, 0.5) is 0 Å². The molecule has 5 heteroatoms. The van der Waals surface area contributed by atoms with E-state index in [1.807, 2.05) is 7.05 Å². The van der Waals surface area contributed by atoms with Crippen molar-refractivity contribution in [3.8, 4) is 0 Å². The monoisotopic (exact) mass is 280 g/mol. The molecule has 2 N–H and O–H groups in total. The second kappa shape index (κ2) is 6.89. The molecule has 0 aromatic carbocycles. The van der Waals surface area contributed by atoms with Gasteiger partial charge in [-0.05, 0) is 32.6 Å². The van der Waals surface area contributed by atoms with Gasteiger partial charge in [-0.3, -0.25) is 4.99 Å². The Morgan fingerprint density at radius 2 is 2.16 bits per heavy atom. The third-order valence-corrected chi connectivity index (χ3v) is 4.78. The van der Waals surface area contributed by atoms with E-state index in [1.165, 1.54) is 29.8 Å². The average Bonchev–Trinajstić information content (AvgIpc) is 2.64. The number of hydrogen-bond acceptors (Lipinski definition) is 3. The molecule has 0 unspecified atom stereocenters. The van der Waals surface area contributed by atoms with Crippen LogP contribution in [0.25, 0.3) is 0 Å². The lowest BCUT2D eigenvalue weighted by Crippen LogP contribution is -2.41. The van der Waals surface area contributed by atoms with Crippen molar-refractivity contribution in [1.82, 2.24) is 15.6 Å². The van der Waals surface area contributed by atoms with E-state index in [9.17, 15) is 0 Å². The molecule has 0 aliphatic heterocycles. The van der Waals surface area contributed by atoms with Crippen LogP contribution in [0, 0.1) is 19.8 Å². The van der Waals surface area contributed by atoms with Gasteiger partial charge in [-0.2, -0.15) is 0 Å². The van der Waals surface area contributed by atoms with Crippen LogP contribution in [0.15, 0.2) is 4.99 Å². The first kappa shape index (κ1) is 14.3. The van der Waals surface area contributed by atoms with Crippen molar-refractivity contribution in [3.05, 3.63) is 15.6 Å². The van der Waals surface area contributed by atoms with Gasteiger partial charge >= 0.3 is 0 Å². The van der Waals surface area contributed by atoms with Crippen molar-refractivity contribution >= 4 is 17.3 Å². The minimum Gasteiger partial charge on any atom is -0.356 e. The van der Waals surface area contributed by atoms with E-state index in [-0.39, 0.29) is 0 Å². The smallest absolute Gasteiger partial charge is 0.190 e. The summed E-state index contributed by atoms with van der Waals surface area (Å²) in [5, 5.41) is 7.93. The molecule has 1 aromatic heterocycles. The normalized spacial score (nSPS) is 16.3. The molecule has 4 nitrogen and oxygen atoms in total. The SMILES string of the molecule is CN=C(NCCc1sc(C)nc1C)NCC1CCC1. The lowest BCUT2D eigenvalue weighted by Gasteiger charge is -2.26. The second-order valence-corrected chi connectivity index (χ2v) is 6.46. The Morgan fingerprint density at radius 1 is 1.37 bits per heavy atom. The van der Waals surface area contributed by atoms with Gasteiger partial charge in [0.15, 0.2) is 5.96 Å². The average molecular weight is 280 g/mol. The summed E-state index contributed by atoms with van der Waals surface area (Å²) in [5.74, 6) is 1.77. The van der Waals surface area contributed by atoms with Crippen molar-refractivity contribution in [2.24, 2.45) is 10.9 Å². The van der Waals surface area contributed by atoms with Crippen LogP contribution >= 0.6 is 11.3 Å². The summed E-state index contributed by atoms with van der Waals surface area (Å²) >= 11 is 1.79. The molecule has 106 valence electrons. The summed E-state index contributed by atoms with van der Waals surface area (Å²) < 4.78 is 0. The maximum absolute atomic E-state index is 4.45. The fraction of sp³-hybridized carbons (Fsp3) is 0.714.